The molecule has 0 spiro atoms. The maximum atomic E-state index is 13.5. The zero-order valence-corrected chi connectivity index (χ0v) is 18.1. The van der Waals surface area contributed by atoms with Crippen molar-refractivity contribution < 1.29 is 23.2 Å². The van der Waals surface area contributed by atoms with Crippen molar-refractivity contribution in [3.63, 3.8) is 0 Å². The van der Waals surface area contributed by atoms with Gasteiger partial charge in [-0.3, -0.25) is 19.2 Å². The first kappa shape index (κ1) is 12.9. The van der Waals surface area contributed by atoms with Crippen molar-refractivity contribution in [2.75, 3.05) is 26.1 Å². The first-order chi connectivity index (χ1) is 19.3. The fourth-order valence-electron chi connectivity index (χ4n) is 3.51. The number of ether oxygens (including phenoxy) is 1. The number of nitrogens with one attached hydrogen (secondary N) is 1. The second-order valence-corrected chi connectivity index (χ2v) is 7.18. The van der Waals surface area contributed by atoms with Crippen molar-refractivity contribution in [1.29, 1.82) is 0 Å². The maximum absolute atomic E-state index is 13.5. The lowest BCUT2D eigenvalue weighted by atomic mass is 10.0. The summed E-state index contributed by atoms with van der Waals surface area (Å²) >= 11 is 0. The number of aromatic nitrogens is 4. The number of piperidine rings is 1. The van der Waals surface area contributed by atoms with Crippen LogP contribution in [0.4, 0.5) is 0 Å². The molecule has 1 aliphatic heterocycles. The molecule has 1 aliphatic rings. The van der Waals surface area contributed by atoms with Crippen LogP contribution >= 0.6 is 0 Å². The predicted octanol–water partition coefficient (Wildman–Crippen LogP) is 3.34. The molecule has 4 rings (SSSR count). The van der Waals surface area contributed by atoms with E-state index in [9.17, 15) is 9.59 Å². The van der Waals surface area contributed by atoms with E-state index in [4.69, 9.17) is 18.4 Å². The SMILES string of the molecule is [2H]C1([2H])N(CC(=O)c2ccc(OCC)c(-c3nc4c(CCC)nn(C)c4c(=O)[nH]3)c2)C([2H])([2H])C([2H])([2H])C([2H])([2H])C1([2H])[2H]. The van der Waals surface area contributed by atoms with Crippen LogP contribution in [-0.2, 0) is 13.5 Å². The van der Waals surface area contributed by atoms with Crippen LogP contribution in [-0.4, -0.2) is 56.6 Å². The Hall–Kier alpha value is -3.00. The monoisotopic (exact) mass is 447 g/mol. The van der Waals surface area contributed by atoms with E-state index in [1.54, 1.807) is 14.0 Å². The smallest absolute Gasteiger partial charge is 0.277 e. The quantitative estimate of drug-likeness (QED) is 0.533. The number of nitrogens with zero attached hydrogens (tertiary/aromatic N) is 4. The summed E-state index contributed by atoms with van der Waals surface area (Å²) in [5, 5.41) is 4.39. The number of hydrogen-bond donors (Lipinski definition) is 1. The fraction of sp³-hybridized carbons (Fsp3) is 0.500. The second-order valence-electron chi connectivity index (χ2n) is 7.18. The summed E-state index contributed by atoms with van der Waals surface area (Å²) in [7, 11) is 1.62. The van der Waals surface area contributed by atoms with Crippen molar-refractivity contribution in [3.05, 3.63) is 39.8 Å². The fourth-order valence-corrected chi connectivity index (χ4v) is 3.51. The molecule has 1 N–H and O–H groups in total. The van der Waals surface area contributed by atoms with Gasteiger partial charge in [0.25, 0.3) is 5.56 Å². The number of benzene rings is 1. The minimum Gasteiger partial charge on any atom is -0.493 e. The van der Waals surface area contributed by atoms with Gasteiger partial charge in [0, 0.05) is 26.3 Å². The van der Waals surface area contributed by atoms with Gasteiger partial charge in [0.15, 0.2) is 11.3 Å². The standard InChI is InChI=1S/C24H31N5O3/c1-4-9-18-21-22(28(3)27-18)24(31)26-23(25-21)17-14-16(10-11-20(17)32-5-2)19(30)15-29-12-7-6-8-13-29/h10-11,14H,4-9,12-13,15H2,1-3H3,(H,25,26,31)/i6D2,7D2,8D2,12D2,13D2. The number of ketones is 1. The first-order valence-electron chi connectivity index (χ1n) is 15.3. The molecule has 1 aromatic carbocycles. The summed E-state index contributed by atoms with van der Waals surface area (Å²) in [6.45, 7) is -4.08. The van der Waals surface area contributed by atoms with Crippen molar-refractivity contribution in [3.8, 4) is 17.1 Å². The molecule has 3 aromatic rings. The van der Waals surface area contributed by atoms with Gasteiger partial charge in [0.1, 0.15) is 17.1 Å². The lowest BCUT2D eigenvalue weighted by Crippen LogP contribution is -2.34. The van der Waals surface area contributed by atoms with Gasteiger partial charge in [-0.2, -0.15) is 5.10 Å². The van der Waals surface area contributed by atoms with Crippen LogP contribution in [0.3, 0.4) is 0 Å². The molecule has 0 bridgehead atoms. The Morgan fingerprint density at radius 2 is 2.03 bits per heavy atom. The zero-order chi connectivity index (χ0) is 31.6. The Bertz CT molecular complexity index is 1570. The number of H-pyrrole nitrogens is 1. The van der Waals surface area contributed by atoms with Gasteiger partial charge in [-0.25, -0.2) is 4.98 Å². The normalized spacial score (nSPS) is 27.2. The number of fused-ring (bicyclic) bond motifs is 1. The van der Waals surface area contributed by atoms with Gasteiger partial charge < -0.3 is 9.72 Å². The Labute approximate surface area is 201 Å². The molecule has 1 saturated heterocycles. The van der Waals surface area contributed by atoms with Crippen LogP contribution in [0.25, 0.3) is 22.4 Å². The number of Topliss-reactive ketones (excluding diaryl/α,β-unsaturated/α-hetero) is 1. The van der Waals surface area contributed by atoms with E-state index in [0.717, 1.165) is 6.42 Å². The zero-order valence-electron chi connectivity index (χ0n) is 28.1. The topological polar surface area (TPSA) is 93.1 Å². The highest BCUT2D eigenvalue weighted by Gasteiger charge is 2.20. The van der Waals surface area contributed by atoms with Crippen LogP contribution in [0, 0.1) is 0 Å². The predicted molar refractivity (Wildman–Crippen MR) is 124 cm³/mol. The molecule has 0 amide bonds. The highest BCUT2D eigenvalue weighted by atomic mass is 16.5. The molecule has 8 heteroatoms. The van der Waals surface area contributed by atoms with Crippen molar-refractivity contribution in [2.24, 2.45) is 7.05 Å². The molecule has 3 heterocycles. The van der Waals surface area contributed by atoms with Crippen molar-refractivity contribution in [1.82, 2.24) is 24.6 Å². The second kappa shape index (κ2) is 9.65. The Morgan fingerprint density at radius 1 is 1.25 bits per heavy atom. The highest BCUT2D eigenvalue weighted by Crippen LogP contribution is 2.30. The number of carbonyl (C=O) groups is 1. The molecule has 0 aliphatic carbocycles. The van der Waals surface area contributed by atoms with Gasteiger partial charge in [0.2, 0.25) is 0 Å². The summed E-state index contributed by atoms with van der Waals surface area (Å²) < 4.78 is 88.6. The molecule has 32 heavy (non-hydrogen) atoms. The van der Waals surface area contributed by atoms with Crippen LogP contribution in [0.15, 0.2) is 23.0 Å². The largest absolute Gasteiger partial charge is 0.493 e. The Morgan fingerprint density at radius 3 is 2.75 bits per heavy atom. The third kappa shape index (κ3) is 4.46. The van der Waals surface area contributed by atoms with E-state index in [1.165, 1.54) is 22.9 Å². The number of likely N-dealkylation sites (tertiary alicyclic amines) is 1. The summed E-state index contributed by atoms with van der Waals surface area (Å²) in [6.07, 6.45) is -9.37. The molecule has 0 unspecified atom stereocenters. The van der Waals surface area contributed by atoms with E-state index in [2.05, 4.69) is 15.1 Å². The summed E-state index contributed by atoms with van der Waals surface area (Å²) in [4.78, 5) is 33.9. The van der Waals surface area contributed by atoms with E-state index in [-0.39, 0.29) is 39.7 Å². The van der Waals surface area contributed by atoms with Crippen LogP contribution < -0.4 is 10.3 Å². The molecule has 8 nitrogen and oxygen atoms in total. The molecule has 170 valence electrons. The molecule has 0 saturated carbocycles. The molecule has 0 radical (unpaired) electrons. The van der Waals surface area contributed by atoms with E-state index in [0.29, 0.717) is 17.6 Å². The van der Waals surface area contributed by atoms with E-state index < -0.39 is 50.0 Å². The molecular formula is C24H31N5O3. The minimum absolute atomic E-state index is 0.0560. The van der Waals surface area contributed by atoms with E-state index in [1.807, 2.05) is 6.92 Å². The van der Waals surface area contributed by atoms with Gasteiger partial charge in [-0.05, 0) is 57.3 Å². The first-order valence-corrected chi connectivity index (χ1v) is 10.3. The Balaban J connectivity index is 1.82. The number of rotatable bonds is 8. The van der Waals surface area contributed by atoms with Gasteiger partial charge in [0.05, 0.1) is 24.4 Å². The Kier molecular flexibility index (Phi) is 3.89. The van der Waals surface area contributed by atoms with Crippen LogP contribution in [0.1, 0.15) is 69.1 Å². The van der Waals surface area contributed by atoms with Crippen LogP contribution in [0.2, 0.25) is 0 Å². The lowest BCUT2D eigenvalue weighted by Gasteiger charge is -2.25. The third-order valence-corrected chi connectivity index (χ3v) is 4.91. The maximum Gasteiger partial charge on any atom is 0.277 e. The molecule has 2 aromatic heterocycles. The van der Waals surface area contributed by atoms with Crippen molar-refractivity contribution >= 4 is 16.8 Å². The molecule has 0 atom stereocenters. The molecular weight excluding hydrogens is 406 g/mol. The third-order valence-electron chi connectivity index (χ3n) is 4.91. The number of aryl methyl sites for hydroxylation is 2. The summed E-state index contributed by atoms with van der Waals surface area (Å²) in [5.41, 5.74) is 0.818. The average Bonchev–Trinajstić information content (AvgIpc) is 3.21. The lowest BCUT2D eigenvalue weighted by molar-refractivity contribution is 0.0915. The molecule has 1 fully saturated rings. The minimum atomic E-state index is -3.59. The summed E-state index contributed by atoms with van der Waals surface area (Å²) in [6, 6.07) is 4.05. The highest BCUT2D eigenvalue weighted by molar-refractivity contribution is 5.99. The van der Waals surface area contributed by atoms with Crippen LogP contribution in [0.5, 0.6) is 5.75 Å². The number of carbonyl (C=O) groups excluding carboxylic acids is 1. The number of aromatic amines is 1. The van der Waals surface area contributed by atoms with Crippen molar-refractivity contribution in [2.45, 2.75) is 45.8 Å². The number of hydrogen-bond acceptors (Lipinski definition) is 6. The average molecular weight is 448 g/mol. The summed E-state index contributed by atoms with van der Waals surface area (Å²) in [5.74, 6) is -0.611. The van der Waals surface area contributed by atoms with E-state index >= 15 is 0 Å². The van der Waals surface area contributed by atoms with Gasteiger partial charge >= 0.3 is 0 Å². The van der Waals surface area contributed by atoms with Gasteiger partial charge in [-0.1, -0.05) is 19.7 Å². The van der Waals surface area contributed by atoms with Gasteiger partial charge in [-0.15, -0.1) is 0 Å².